The fourth-order valence-electron chi connectivity index (χ4n) is 1.97. The van der Waals surface area contributed by atoms with Crippen LogP contribution in [0.3, 0.4) is 0 Å². The summed E-state index contributed by atoms with van der Waals surface area (Å²) >= 11 is 0. The second kappa shape index (κ2) is 9.99. The highest BCUT2D eigenvalue weighted by Crippen LogP contribution is 2.08. The van der Waals surface area contributed by atoms with Gasteiger partial charge < -0.3 is 10.4 Å². The monoisotopic (exact) mass is 274 g/mol. The lowest BCUT2D eigenvalue weighted by atomic mass is 10.00. The van der Waals surface area contributed by atoms with E-state index in [9.17, 15) is 4.79 Å². The third-order valence-corrected chi connectivity index (χ3v) is 3.14. The number of hydrogen-bond donors (Lipinski definition) is 2. The van der Waals surface area contributed by atoms with E-state index >= 15 is 0 Å². The molecule has 1 aromatic rings. The summed E-state index contributed by atoms with van der Waals surface area (Å²) in [7, 11) is 0. The minimum absolute atomic E-state index is 0.196. The first-order chi connectivity index (χ1) is 9.77. The molecule has 0 aromatic heterocycles. The fourth-order valence-corrected chi connectivity index (χ4v) is 1.97. The zero-order valence-electron chi connectivity index (χ0n) is 11.7. The minimum Gasteiger partial charge on any atom is -0.396 e. The third-order valence-electron chi connectivity index (χ3n) is 3.14. The molecule has 0 fully saturated rings. The van der Waals surface area contributed by atoms with Gasteiger partial charge in [-0.1, -0.05) is 43.2 Å². The number of aliphatic hydroxyl groups is 1. The van der Waals surface area contributed by atoms with E-state index in [1.165, 1.54) is 0 Å². The zero-order valence-corrected chi connectivity index (χ0v) is 11.7. The quantitative estimate of drug-likeness (QED) is 0.677. The Morgan fingerprint density at radius 1 is 1.20 bits per heavy atom. The van der Waals surface area contributed by atoms with Gasteiger partial charge in [0.2, 0.25) is 5.91 Å². The highest BCUT2D eigenvalue weighted by molar-refractivity contribution is 5.81. The topological polar surface area (TPSA) is 73.1 Å². The summed E-state index contributed by atoms with van der Waals surface area (Å²) in [5, 5.41) is 20.5. The van der Waals surface area contributed by atoms with Crippen molar-refractivity contribution in [3.05, 3.63) is 35.9 Å². The molecule has 0 aliphatic rings. The lowest BCUT2D eigenvalue weighted by Gasteiger charge is -2.10. The molecule has 1 unspecified atom stereocenters. The van der Waals surface area contributed by atoms with Gasteiger partial charge in [0.15, 0.2) is 0 Å². The Hall–Kier alpha value is -1.86. The van der Waals surface area contributed by atoms with Crippen molar-refractivity contribution in [1.29, 1.82) is 5.26 Å². The van der Waals surface area contributed by atoms with Crippen LogP contribution in [-0.2, 0) is 11.2 Å². The normalized spacial score (nSPS) is 11.6. The molecule has 1 atom stereocenters. The molecule has 0 spiro atoms. The summed E-state index contributed by atoms with van der Waals surface area (Å²) in [5.41, 5.74) is 0.997. The van der Waals surface area contributed by atoms with Gasteiger partial charge in [-0.3, -0.25) is 4.79 Å². The molecule has 0 bridgehead atoms. The molecular weight excluding hydrogens is 252 g/mol. The van der Waals surface area contributed by atoms with Crippen LogP contribution in [0, 0.1) is 17.2 Å². The molecule has 2 N–H and O–H groups in total. The van der Waals surface area contributed by atoms with Crippen molar-refractivity contribution in [3.8, 4) is 6.07 Å². The Balaban J connectivity index is 2.28. The number of rotatable bonds is 9. The number of nitrogens with one attached hydrogen (secondary N) is 1. The smallest absolute Gasteiger partial charge is 0.237 e. The molecule has 0 aliphatic heterocycles. The Morgan fingerprint density at radius 2 is 1.90 bits per heavy atom. The lowest BCUT2D eigenvalue weighted by Crippen LogP contribution is -2.31. The van der Waals surface area contributed by atoms with Crippen molar-refractivity contribution < 1.29 is 9.90 Å². The number of unbranched alkanes of at least 4 members (excludes halogenated alkanes) is 3. The average molecular weight is 274 g/mol. The molecule has 0 saturated heterocycles. The number of aliphatic hydroxyl groups excluding tert-OH is 1. The van der Waals surface area contributed by atoms with Crippen LogP contribution < -0.4 is 5.32 Å². The molecule has 1 rings (SSSR count). The molecule has 4 nitrogen and oxygen atoms in total. The number of carbonyl (C=O) groups is 1. The summed E-state index contributed by atoms with van der Waals surface area (Å²) in [5.74, 6) is -0.826. The largest absolute Gasteiger partial charge is 0.396 e. The Kier molecular flexibility index (Phi) is 8.09. The molecule has 1 amide bonds. The number of nitriles is 1. The first-order valence-corrected chi connectivity index (χ1v) is 7.10. The molecule has 108 valence electrons. The van der Waals surface area contributed by atoms with Gasteiger partial charge in [0.25, 0.3) is 0 Å². The van der Waals surface area contributed by atoms with Crippen LogP contribution in [0.15, 0.2) is 30.3 Å². The van der Waals surface area contributed by atoms with Crippen molar-refractivity contribution in [3.63, 3.8) is 0 Å². The van der Waals surface area contributed by atoms with Crippen LogP contribution in [0.5, 0.6) is 0 Å². The fraction of sp³-hybridized carbons (Fsp3) is 0.500. The van der Waals surface area contributed by atoms with E-state index in [1.807, 2.05) is 30.3 Å². The molecule has 0 radical (unpaired) electrons. The van der Waals surface area contributed by atoms with E-state index in [0.717, 1.165) is 31.2 Å². The number of hydrogen-bond acceptors (Lipinski definition) is 3. The van der Waals surface area contributed by atoms with Gasteiger partial charge in [0.05, 0.1) is 6.07 Å². The predicted octanol–water partition coefficient (Wildman–Crippen LogP) is 2.04. The highest BCUT2D eigenvalue weighted by Gasteiger charge is 2.17. The summed E-state index contributed by atoms with van der Waals surface area (Å²) in [6.45, 7) is 0.817. The lowest BCUT2D eigenvalue weighted by molar-refractivity contribution is -0.123. The summed E-state index contributed by atoms with van der Waals surface area (Å²) in [6, 6.07) is 11.6. The van der Waals surface area contributed by atoms with Crippen molar-refractivity contribution in [2.24, 2.45) is 5.92 Å². The van der Waals surface area contributed by atoms with Crippen molar-refractivity contribution in [2.75, 3.05) is 13.2 Å². The standard InChI is InChI=1S/C16H22N2O2/c17-13-15(12-14-8-4-3-5-9-14)16(20)18-10-6-1-2-7-11-19/h3-5,8-9,15,19H,1-2,6-7,10-12H2,(H,18,20). The molecule has 4 heteroatoms. The molecule has 0 saturated carbocycles. The molecular formula is C16H22N2O2. The van der Waals surface area contributed by atoms with Crippen molar-refractivity contribution in [1.82, 2.24) is 5.32 Å². The van der Waals surface area contributed by atoms with Gasteiger partial charge in [-0.05, 0) is 24.8 Å². The van der Waals surface area contributed by atoms with Gasteiger partial charge in [0.1, 0.15) is 5.92 Å². The van der Waals surface area contributed by atoms with Crippen LogP contribution in [0.1, 0.15) is 31.2 Å². The number of benzene rings is 1. The van der Waals surface area contributed by atoms with Gasteiger partial charge in [-0.2, -0.15) is 5.26 Å². The van der Waals surface area contributed by atoms with Gasteiger partial charge in [0, 0.05) is 13.2 Å². The van der Waals surface area contributed by atoms with Gasteiger partial charge >= 0.3 is 0 Å². The maximum absolute atomic E-state index is 11.9. The van der Waals surface area contributed by atoms with E-state index in [2.05, 4.69) is 11.4 Å². The van der Waals surface area contributed by atoms with E-state index in [4.69, 9.17) is 10.4 Å². The second-order valence-corrected chi connectivity index (χ2v) is 4.80. The van der Waals surface area contributed by atoms with E-state index < -0.39 is 5.92 Å². The molecule has 1 aromatic carbocycles. The molecule has 20 heavy (non-hydrogen) atoms. The van der Waals surface area contributed by atoms with E-state index in [0.29, 0.717) is 13.0 Å². The first-order valence-electron chi connectivity index (χ1n) is 7.10. The Morgan fingerprint density at radius 3 is 2.55 bits per heavy atom. The van der Waals surface area contributed by atoms with E-state index in [1.54, 1.807) is 0 Å². The molecule has 0 aliphatic carbocycles. The first kappa shape index (κ1) is 16.2. The van der Waals surface area contributed by atoms with Crippen LogP contribution in [0.4, 0.5) is 0 Å². The maximum Gasteiger partial charge on any atom is 0.237 e. The summed E-state index contributed by atoms with van der Waals surface area (Å²) < 4.78 is 0. The van der Waals surface area contributed by atoms with Crippen LogP contribution >= 0.6 is 0 Å². The summed E-state index contributed by atoms with van der Waals surface area (Å²) in [6.07, 6.45) is 4.10. The molecule has 0 heterocycles. The predicted molar refractivity (Wildman–Crippen MR) is 77.8 cm³/mol. The van der Waals surface area contributed by atoms with Crippen LogP contribution in [0.2, 0.25) is 0 Å². The maximum atomic E-state index is 11.9. The van der Waals surface area contributed by atoms with Crippen molar-refractivity contribution >= 4 is 5.91 Å². The zero-order chi connectivity index (χ0) is 14.6. The SMILES string of the molecule is N#CC(Cc1ccccc1)C(=O)NCCCCCCO. The summed E-state index contributed by atoms with van der Waals surface area (Å²) in [4.78, 5) is 11.9. The number of nitrogens with zero attached hydrogens (tertiary/aromatic N) is 1. The van der Waals surface area contributed by atoms with Crippen molar-refractivity contribution in [2.45, 2.75) is 32.1 Å². The highest BCUT2D eigenvalue weighted by atomic mass is 16.2. The Labute approximate surface area is 120 Å². The Bertz CT molecular complexity index is 426. The second-order valence-electron chi connectivity index (χ2n) is 4.80. The number of amides is 1. The average Bonchev–Trinajstić information content (AvgIpc) is 2.49. The van der Waals surface area contributed by atoms with Crippen LogP contribution in [-0.4, -0.2) is 24.2 Å². The van der Waals surface area contributed by atoms with Gasteiger partial charge in [-0.25, -0.2) is 0 Å². The number of carbonyl (C=O) groups excluding carboxylic acids is 1. The minimum atomic E-state index is -0.630. The van der Waals surface area contributed by atoms with E-state index in [-0.39, 0.29) is 12.5 Å². The third kappa shape index (κ3) is 6.35. The van der Waals surface area contributed by atoms with Gasteiger partial charge in [-0.15, -0.1) is 0 Å². The van der Waals surface area contributed by atoms with Crippen LogP contribution in [0.25, 0.3) is 0 Å².